The highest BCUT2D eigenvalue weighted by Gasteiger charge is 2.27. The Balaban J connectivity index is 2.03. The zero-order chi connectivity index (χ0) is 29.1. The second-order valence-electron chi connectivity index (χ2n) is 11.5. The average molecular weight is 545 g/mol. The molecule has 0 radical (unpaired) electrons. The van der Waals surface area contributed by atoms with E-state index in [2.05, 4.69) is 20.9 Å². The van der Waals surface area contributed by atoms with Crippen molar-refractivity contribution < 1.29 is 29.3 Å². The number of nitrogens with zero attached hydrogens (tertiary/aromatic N) is 1. The molecule has 10 heteroatoms. The lowest BCUT2D eigenvalue weighted by molar-refractivity contribution is 0.0399. The van der Waals surface area contributed by atoms with Crippen molar-refractivity contribution in [1.82, 2.24) is 20.9 Å². The van der Waals surface area contributed by atoms with Crippen LogP contribution in [-0.2, 0) is 22.3 Å². The molecule has 0 bridgehead atoms. The van der Waals surface area contributed by atoms with Crippen molar-refractivity contribution in [1.29, 1.82) is 0 Å². The Labute approximate surface area is 231 Å². The summed E-state index contributed by atoms with van der Waals surface area (Å²) in [6, 6.07) is 11.8. The molecule has 0 aliphatic rings. The van der Waals surface area contributed by atoms with Crippen LogP contribution in [0.3, 0.4) is 0 Å². The van der Waals surface area contributed by atoms with Crippen LogP contribution in [0.5, 0.6) is 0 Å². The second kappa shape index (κ2) is 14.8. The zero-order valence-electron chi connectivity index (χ0n) is 23.8. The summed E-state index contributed by atoms with van der Waals surface area (Å²) < 4.78 is 10.8. The molecule has 39 heavy (non-hydrogen) atoms. The Morgan fingerprint density at radius 1 is 0.744 bits per heavy atom. The summed E-state index contributed by atoms with van der Waals surface area (Å²) in [7, 11) is 0. The number of pyridine rings is 1. The summed E-state index contributed by atoms with van der Waals surface area (Å²) >= 11 is 0. The third-order valence-corrected chi connectivity index (χ3v) is 5.54. The monoisotopic (exact) mass is 544 g/mol. The van der Waals surface area contributed by atoms with Gasteiger partial charge in [0.1, 0.15) is 11.2 Å². The Kier molecular flexibility index (Phi) is 12.2. The molecule has 5 N–H and O–H groups in total. The normalized spacial score (nSPS) is 15.0. The molecule has 1 aromatic carbocycles. The Morgan fingerprint density at radius 2 is 1.15 bits per heavy atom. The van der Waals surface area contributed by atoms with Gasteiger partial charge in [0.05, 0.1) is 24.3 Å². The van der Waals surface area contributed by atoms with E-state index in [9.17, 15) is 19.8 Å². The molecular weight excluding hydrogens is 500 g/mol. The number of hydrogen-bond acceptors (Lipinski definition) is 8. The maximum absolute atomic E-state index is 12.4. The van der Waals surface area contributed by atoms with E-state index < -0.39 is 47.7 Å². The fourth-order valence-corrected chi connectivity index (χ4v) is 3.79. The molecule has 0 saturated heterocycles. The smallest absolute Gasteiger partial charge is 0.407 e. The highest BCUT2D eigenvalue weighted by atomic mass is 16.6. The molecule has 216 valence electrons. The standard InChI is InChI=1S/C29H44N4O6/c1-28(2,3)38-26(36)32-22(16-20-10-8-7-9-11-20)24(34)18-31-19-25(35)23(17-21-12-14-30-15-13-21)33-27(37)39-29(4,5)6/h7-15,22-25,31,34-35H,16-19H2,1-6H3,(H,32,36)(H,33,37)/t22-,23+,24?,25+/m1/s1. The Morgan fingerprint density at radius 3 is 1.56 bits per heavy atom. The third-order valence-electron chi connectivity index (χ3n) is 5.54. The van der Waals surface area contributed by atoms with Crippen LogP contribution in [0, 0.1) is 0 Å². The first-order valence-corrected chi connectivity index (χ1v) is 13.2. The van der Waals surface area contributed by atoms with Crippen molar-refractivity contribution in [2.45, 2.75) is 89.9 Å². The molecule has 4 atom stereocenters. The fraction of sp³-hybridized carbons (Fsp3) is 0.552. The van der Waals surface area contributed by atoms with Gasteiger partial charge in [-0.3, -0.25) is 4.98 Å². The Bertz CT molecular complexity index is 926. The summed E-state index contributed by atoms with van der Waals surface area (Å²) in [5.41, 5.74) is 0.457. The number of benzene rings is 1. The van der Waals surface area contributed by atoms with Crippen molar-refractivity contribution >= 4 is 12.2 Å². The van der Waals surface area contributed by atoms with Crippen LogP contribution < -0.4 is 16.0 Å². The largest absolute Gasteiger partial charge is 0.444 e. The summed E-state index contributed by atoms with van der Waals surface area (Å²) in [6.07, 6.45) is 0.787. The fourth-order valence-electron chi connectivity index (χ4n) is 3.79. The molecule has 0 aliphatic heterocycles. The van der Waals surface area contributed by atoms with Gasteiger partial charge in [0, 0.05) is 25.5 Å². The van der Waals surface area contributed by atoms with Gasteiger partial charge in [0.15, 0.2) is 0 Å². The molecule has 2 amide bonds. The Hall–Kier alpha value is -3.21. The van der Waals surface area contributed by atoms with Crippen molar-refractivity contribution in [2.75, 3.05) is 13.1 Å². The van der Waals surface area contributed by atoms with E-state index in [0.717, 1.165) is 11.1 Å². The van der Waals surface area contributed by atoms with Crippen molar-refractivity contribution in [3.05, 3.63) is 66.0 Å². The van der Waals surface area contributed by atoms with Gasteiger partial charge in [-0.2, -0.15) is 0 Å². The molecule has 0 saturated carbocycles. The van der Waals surface area contributed by atoms with Gasteiger partial charge >= 0.3 is 12.2 Å². The molecule has 10 nitrogen and oxygen atoms in total. The first-order chi connectivity index (χ1) is 18.2. The number of alkyl carbamates (subject to hydrolysis) is 2. The molecule has 0 fully saturated rings. The maximum atomic E-state index is 12.4. The number of nitrogens with one attached hydrogen (secondary N) is 3. The SMILES string of the molecule is CC(C)(C)OC(=O)N[C@@H](Cc1ccncc1)[C@@H](O)CNCC(O)[C@@H](Cc1ccccc1)NC(=O)OC(C)(C)C. The maximum Gasteiger partial charge on any atom is 0.407 e. The first-order valence-electron chi connectivity index (χ1n) is 13.2. The third kappa shape index (κ3) is 13.4. The van der Waals surface area contributed by atoms with Crippen molar-refractivity contribution in [3.8, 4) is 0 Å². The molecule has 0 spiro atoms. The molecule has 1 heterocycles. The lowest BCUT2D eigenvalue weighted by Crippen LogP contribution is -2.53. The number of carbonyl (C=O) groups excluding carboxylic acids is 2. The van der Waals surface area contributed by atoms with Crippen molar-refractivity contribution in [2.24, 2.45) is 0 Å². The van der Waals surface area contributed by atoms with E-state index in [1.165, 1.54) is 0 Å². The summed E-state index contributed by atoms with van der Waals surface area (Å²) in [4.78, 5) is 28.9. The second-order valence-corrected chi connectivity index (χ2v) is 11.5. The number of ether oxygens (including phenoxy) is 2. The van der Waals surface area contributed by atoms with Gasteiger partial charge in [-0.25, -0.2) is 9.59 Å². The average Bonchev–Trinajstić information content (AvgIpc) is 2.82. The number of carbonyl (C=O) groups is 2. The number of rotatable bonds is 12. The highest BCUT2D eigenvalue weighted by Crippen LogP contribution is 2.12. The lowest BCUT2D eigenvalue weighted by atomic mass is 10.0. The molecule has 1 unspecified atom stereocenters. The van der Waals surface area contributed by atoms with E-state index >= 15 is 0 Å². The minimum Gasteiger partial charge on any atom is -0.444 e. The highest BCUT2D eigenvalue weighted by molar-refractivity contribution is 5.68. The van der Waals surface area contributed by atoms with Crippen LogP contribution in [0.4, 0.5) is 9.59 Å². The van der Waals surface area contributed by atoms with Gasteiger partial charge in [0.2, 0.25) is 0 Å². The number of aliphatic hydroxyl groups is 2. The predicted octanol–water partition coefficient (Wildman–Crippen LogP) is 2.96. The van der Waals surface area contributed by atoms with E-state index in [-0.39, 0.29) is 13.1 Å². The van der Waals surface area contributed by atoms with Crippen LogP contribution in [0.25, 0.3) is 0 Å². The lowest BCUT2D eigenvalue weighted by Gasteiger charge is -2.29. The van der Waals surface area contributed by atoms with Gasteiger partial charge in [-0.15, -0.1) is 0 Å². The quantitative estimate of drug-likeness (QED) is 0.275. The minimum absolute atomic E-state index is 0.0765. The van der Waals surface area contributed by atoms with Crippen LogP contribution in [-0.4, -0.2) is 76.0 Å². The summed E-state index contributed by atoms with van der Waals surface area (Å²) in [5, 5.41) is 30.5. The number of aliphatic hydroxyl groups excluding tert-OH is 2. The topological polar surface area (TPSA) is 142 Å². The number of hydrogen-bond donors (Lipinski definition) is 5. The number of amides is 2. The van der Waals surface area contributed by atoms with Crippen LogP contribution >= 0.6 is 0 Å². The van der Waals surface area contributed by atoms with E-state index in [0.29, 0.717) is 12.8 Å². The van der Waals surface area contributed by atoms with Gasteiger partial charge in [-0.05, 0) is 77.6 Å². The molecule has 0 aliphatic carbocycles. The van der Waals surface area contributed by atoms with E-state index in [1.54, 1.807) is 53.9 Å². The van der Waals surface area contributed by atoms with Gasteiger partial charge in [-0.1, -0.05) is 30.3 Å². The minimum atomic E-state index is -0.996. The van der Waals surface area contributed by atoms with Crippen molar-refractivity contribution in [3.63, 3.8) is 0 Å². The number of aromatic nitrogens is 1. The van der Waals surface area contributed by atoms with Crippen LogP contribution in [0.15, 0.2) is 54.9 Å². The zero-order valence-corrected chi connectivity index (χ0v) is 23.8. The molecule has 1 aromatic heterocycles. The van der Waals surface area contributed by atoms with E-state index in [1.807, 2.05) is 42.5 Å². The summed E-state index contributed by atoms with van der Waals surface area (Å²) in [6.45, 7) is 10.8. The van der Waals surface area contributed by atoms with Gasteiger partial charge in [0.25, 0.3) is 0 Å². The first kappa shape index (κ1) is 32.0. The predicted molar refractivity (Wildman–Crippen MR) is 149 cm³/mol. The van der Waals surface area contributed by atoms with Crippen LogP contribution in [0.1, 0.15) is 52.7 Å². The molecular formula is C29H44N4O6. The summed E-state index contributed by atoms with van der Waals surface area (Å²) in [5.74, 6) is 0. The molecule has 2 rings (SSSR count). The van der Waals surface area contributed by atoms with Gasteiger partial charge < -0.3 is 35.6 Å². The van der Waals surface area contributed by atoms with E-state index in [4.69, 9.17) is 9.47 Å². The molecule has 2 aromatic rings. The van der Waals surface area contributed by atoms with Crippen LogP contribution in [0.2, 0.25) is 0 Å².